The van der Waals surface area contributed by atoms with E-state index in [4.69, 9.17) is 4.18 Å². The van der Waals surface area contributed by atoms with Crippen LogP contribution < -0.4 is 4.18 Å². The molecule has 0 radical (unpaired) electrons. The third kappa shape index (κ3) is 3.56. The lowest BCUT2D eigenvalue weighted by atomic mass is 9.59. The average Bonchev–Trinajstić information content (AvgIpc) is 2.87. The first-order valence-electron chi connectivity index (χ1n) is 11.8. The van der Waals surface area contributed by atoms with Crippen molar-refractivity contribution in [3.63, 3.8) is 0 Å². The number of hydrogen-bond acceptors (Lipinski definition) is 10. The van der Waals surface area contributed by atoms with Gasteiger partial charge in [-0.1, -0.05) is 30.3 Å². The summed E-state index contributed by atoms with van der Waals surface area (Å²) in [6, 6.07) is 12.5. The van der Waals surface area contributed by atoms with Crippen molar-refractivity contribution in [2.75, 3.05) is 14.1 Å². The minimum Gasteiger partial charge on any atom is -0.509 e. The summed E-state index contributed by atoms with van der Waals surface area (Å²) in [7, 11) is -1.10. The second-order valence-electron chi connectivity index (χ2n) is 9.85. The number of fused-ring (bicyclic) bond motifs is 3. The molecule has 3 aliphatic rings. The van der Waals surface area contributed by atoms with Crippen LogP contribution in [0.5, 0.6) is 5.75 Å². The highest BCUT2D eigenvalue weighted by atomic mass is 32.2. The monoisotopic (exact) mass is 536 g/mol. The second-order valence-corrected chi connectivity index (χ2v) is 11.4. The number of likely N-dealkylation sites (N-methyl/N-ethyl adjacent to an activating group) is 1. The van der Waals surface area contributed by atoms with Crippen LogP contribution in [-0.2, 0) is 21.3 Å². The van der Waals surface area contributed by atoms with Crippen LogP contribution in [0.15, 0.2) is 76.1 Å². The van der Waals surface area contributed by atoms with Crippen LogP contribution in [-0.4, -0.2) is 65.9 Å². The third-order valence-corrected chi connectivity index (χ3v) is 8.79. The fourth-order valence-electron chi connectivity index (χ4n) is 5.87. The molecule has 38 heavy (non-hydrogen) atoms. The summed E-state index contributed by atoms with van der Waals surface area (Å²) in [5, 5.41) is 43.2. The highest BCUT2D eigenvalue weighted by Gasteiger charge is 2.62. The van der Waals surface area contributed by atoms with Gasteiger partial charge in [-0.05, 0) is 56.6 Å². The molecule has 3 N–H and O–H groups in total. The predicted molar refractivity (Wildman–Crippen MR) is 133 cm³/mol. The maximum Gasteiger partial charge on any atom is 0.339 e. The van der Waals surface area contributed by atoms with Crippen molar-refractivity contribution in [3.8, 4) is 11.8 Å². The van der Waals surface area contributed by atoms with Crippen molar-refractivity contribution in [2.45, 2.75) is 29.4 Å². The number of Topliss-reactive ketones (excluding diaryl/α,β-unsaturated/α-hetero) is 2. The number of hydrogen-bond donors (Lipinski definition) is 3. The number of ketones is 2. The third-order valence-electron chi connectivity index (χ3n) is 7.54. The Kier molecular flexibility index (Phi) is 5.94. The highest BCUT2D eigenvalue weighted by molar-refractivity contribution is 7.87. The number of allylic oxidation sites excluding steroid dienone is 1. The van der Waals surface area contributed by atoms with Gasteiger partial charge in [-0.3, -0.25) is 14.5 Å². The maximum absolute atomic E-state index is 13.8. The molecule has 0 amide bonds. The van der Waals surface area contributed by atoms with Crippen LogP contribution in [0.25, 0.3) is 0 Å². The van der Waals surface area contributed by atoms with E-state index in [0.717, 1.165) is 0 Å². The minimum absolute atomic E-state index is 0.0336. The van der Waals surface area contributed by atoms with Gasteiger partial charge in [-0.15, -0.1) is 0 Å². The normalized spacial score (nSPS) is 27.0. The van der Waals surface area contributed by atoms with Gasteiger partial charge in [0.2, 0.25) is 5.78 Å². The summed E-state index contributed by atoms with van der Waals surface area (Å²) in [5.41, 5.74) is -3.19. The Hall–Kier alpha value is -3.98. The zero-order valence-corrected chi connectivity index (χ0v) is 21.3. The molecule has 2 aromatic carbocycles. The lowest BCUT2D eigenvalue weighted by Crippen LogP contribution is -2.62. The van der Waals surface area contributed by atoms with Gasteiger partial charge >= 0.3 is 10.1 Å². The summed E-state index contributed by atoms with van der Waals surface area (Å²) in [6.07, 6.45) is 0.214. The van der Waals surface area contributed by atoms with E-state index in [1.165, 1.54) is 35.2 Å². The fraction of sp³-hybridized carbons (Fsp3) is 0.296. The Balaban J connectivity index is 1.64. The van der Waals surface area contributed by atoms with Crippen molar-refractivity contribution >= 4 is 21.7 Å². The topological polar surface area (TPSA) is 165 Å². The van der Waals surface area contributed by atoms with E-state index in [2.05, 4.69) is 0 Å². The lowest BCUT2D eigenvalue weighted by molar-refractivity contribution is -0.146. The SMILES string of the molecule is CN(C)C1C(O)=C(C#N)C(=O)C2(O)C(O)=C3C(=O)c4c(cccc4OS(=O)(=O)c4ccccc4)CC3CC12. The molecule has 10 nitrogen and oxygen atoms in total. The Morgan fingerprint density at radius 2 is 1.76 bits per heavy atom. The molecule has 0 fully saturated rings. The highest BCUT2D eigenvalue weighted by Crippen LogP contribution is 2.52. The molecule has 2 aromatic rings. The summed E-state index contributed by atoms with van der Waals surface area (Å²) in [4.78, 5) is 28.4. The smallest absolute Gasteiger partial charge is 0.339 e. The summed E-state index contributed by atoms with van der Waals surface area (Å²) in [5.74, 6) is -5.33. The molecule has 0 saturated heterocycles. The van der Waals surface area contributed by atoms with Gasteiger partial charge in [0.1, 0.15) is 28.1 Å². The molecule has 11 heteroatoms. The van der Waals surface area contributed by atoms with Crippen LogP contribution >= 0.6 is 0 Å². The summed E-state index contributed by atoms with van der Waals surface area (Å²) >= 11 is 0. The molecule has 3 aliphatic carbocycles. The molecule has 5 rings (SSSR count). The number of benzene rings is 2. The molecule has 4 unspecified atom stereocenters. The lowest BCUT2D eigenvalue weighted by Gasteiger charge is -2.49. The van der Waals surface area contributed by atoms with Crippen LogP contribution in [0, 0.1) is 23.2 Å². The largest absolute Gasteiger partial charge is 0.509 e. The van der Waals surface area contributed by atoms with E-state index in [-0.39, 0.29) is 34.6 Å². The molecule has 0 aliphatic heterocycles. The van der Waals surface area contributed by atoms with E-state index in [0.29, 0.717) is 5.56 Å². The van der Waals surface area contributed by atoms with Crippen LogP contribution in [0.1, 0.15) is 22.3 Å². The van der Waals surface area contributed by atoms with Crippen molar-refractivity contribution in [1.29, 1.82) is 5.26 Å². The first-order valence-corrected chi connectivity index (χ1v) is 13.2. The Morgan fingerprint density at radius 1 is 1.08 bits per heavy atom. The maximum atomic E-state index is 13.8. The molecule has 0 aromatic heterocycles. The standard InChI is InChI=1S/C27H24N2O8S/c1-29(2)22-18-12-15-11-14-7-6-10-19(37-38(35,36)16-8-4-3-5-9-16)20(14)24(31)21(15)26(33)27(18,34)25(32)17(13-28)23(22)30/h3-10,15,18,22,30,33-34H,11-12H2,1-2H3. The molecule has 0 spiro atoms. The van der Waals surface area contributed by atoms with Crippen molar-refractivity contribution in [1.82, 2.24) is 4.90 Å². The van der Waals surface area contributed by atoms with Gasteiger partial charge in [-0.25, -0.2) is 0 Å². The van der Waals surface area contributed by atoms with E-state index in [1.54, 1.807) is 38.4 Å². The van der Waals surface area contributed by atoms with E-state index >= 15 is 0 Å². The molecule has 0 saturated carbocycles. The van der Waals surface area contributed by atoms with Gasteiger partial charge in [-0.2, -0.15) is 13.7 Å². The number of carbonyl (C=O) groups is 2. The van der Waals surface area contributed by atoms with Crippen LogP contribution in [0.3, 0.4) is 0 Å². The number of aliphatic hydroxyl groups excluding tert-OH is 2. The molecule has 4 atom stereocenters. The van der Waals surface area contributed by atoms with Gasteiger partial charge < -0.3 is 19.5 Å². The predicted octanol–water partition coefficient (Wildman–Crippen LogP) is 2.22. The minimum atomic E-state index is -4.30. The van der Waals surface area contributed by atoms with E-state index in [9.17, 15) is 38.6 Å². The average molecular weight is 537 g/mol. The Morgan fingerprint density at radius 3 is 2.39 bits per heavy atom. The summed E-state index contributed by atoms with van der Waals surface area (Å²) in [6.45, 7) is 0. The fourth-order valence-corrected chi connectivity index (χ4v) is 6.83. The van der Waals surface area contributed by atoms with E-state index < -0.39 is 62.3 Å². The van der Waals surface area contributed by atoms with Crippen molar-refractivity contribution in [3.05, 3.63) is 82.3 Å². The Bertz CT molecular complexity index is 1590. The Labute approximate surface area is 218 Å². The van der Waals surface area contributed by atoms with Crippen molar-refractivity contribution in [2.24, 2.45) is 11.8 Å². The zero-order valence-electron chi connectivity index (χ0n) is 20.5. The number of aliphatic hydroxyl groups is 3. The number of rotatable bonds is 4. The zero-order chi connectivity index (χ0) is 27.6. The quantitative estimate of drug-likeness (QED) is 0.493. The van der Waals surface area contributed by atoms with Crippen LogP contribution in [0.2, 0.25) is 0 Å². The van der Waals surface area contributed by atoms with Gasteiger partial charge in [0, 0.05) is 11.5 Å². The number of nitrogens with zero attached hydrogens (tertiary/aromatic N) is 2. The van der Waals surface area contributed by atoms with E-state index in [1.807, 2.05) is 0 Å². The van der Waals surface area contributed by atoms with Crippen molar-refractivity contribution < 1.29 is 37.5 Å². The molecule has 0 heterocycles. The van der Waals surface area contributed by atoms with Gasteiger partial charge in [0.05, 0.1) is 11.6 Å². The molecule has 196 valence electrons. The summed E-state index contributed by atoms with van der Waals surface area (Å²) < 4.78 is 31.1. The van der Waals surface area contributed by atoms with Gasteiger partial charge in [0.15, 0.2) is 17.1 Å². The molecular weight excluding hydrogens is 512 g/mol. The van der Waals surface area contributed by atoms with Gasteiger partial charge in [0.25, 0.3) is 0 Å². The second kappa shape index (κ2) is 8.80. The molecular formula is C27H24N2O8S. The number of carbonyl (C=O) groups excluding carboxylic acids is 2. The van der Waals surface area contributed by atoms with Crippen LogP contribution in [0.4, 0.5) is 0 Å². The first kappa shape index (κ1) is 25.7. The first-order chi connectivity index (χ1) is 17.9. The number of nitriles is 1. The molecule has 0 bridgehead atoms.